The van der Waals surface area contributed by atoms with Crippen molar-refractivity contribution in [3.63, 3.8) is 0 Å². The normalized spacial score (nSPS) is 15.9. The molecule has 0 spiro atoms. The van der Waals surface area contributed by atoms with Gasteiger partial charge in [-0.1, -0.05) is 13.8 Å². The number of carboxylic acid groups (broad SMARTS) is 1. The Bertz CT molecular complexity index is 280. The molecule has 5 heteroatoms. The van der Waals surface area contributed by atoms with Crippen molar-refractivity contribution in [3.05, 3.63) is 0 Å². The summed E-state index contributed by atoms with van der Waals surface area (Å²) >= 11 is 0. The zero-order valence-electron chi connectivity index (χ0n) is 10.5. The van der Waals surface area contributed by atoms with Crippen LogP contribution in [0.5, 0.6) is 0 Å². The van der Waals surface area contributed by atoms with Crippen molar-refractivity contribution in [1.29, 1.82) is 0 Å². The molecule has 0 fully saturated rings. The highest BCUT2D eigenvalue weighted by Crippen LogP contribution is 2.26. The van der Waals surface area contributed by atoms with E-state index in [-0.39, 0.29) is 12.3 Å². The number of hydrogen-bond donors (Lipinski definition) is 3. The van der Waals surface area contributed by atoms with E-state index in [1.54, 1.807) is 0 Å². The minimum atomic E-state index is -1.95. The van der Waals surface area contributed by atoms with Crippen LogP contribution < -0.4 is 5.32 Å². The van der Waals surface area contributed by atoms with E-state index in [9.17, 15) is 19.8 Å². The molecule has 1 unspecified atom stereocenters. The quantitative estimate of drug-likeness (QED) is 0.577. The molecule has 0 aromatic carbocycles. The second kappa shape index (κ2) is 4.93. The molecule has 1 atom stereocenters. The highest BCUT2D eigenvalue weighted by molar-refractivity contribution is 6.09. The average Bonchev–Trinajstić information content (AvgIpc) is 2.00. The van der Waals surface area contributed by atoms with E-state index in [0.29, 0.717) is 0 Å². The molecule has 0 aromatic rings. The van der Waals surface area contributed by atoms with Crippen LogP contribution in [0.2, 0.25) is 0 Å². The standard InChI is InChI=1S/C11H21NO4/c1-7(2)6-8(13)11(12-5,9(14)15)10(3,4)16/h7,12,16H,6H2,1-5H3,(H,14,15). The van der Waals surface area contributed by atoms with Crippen molar-refractivity contribution in [3.8, 4) is 0 Å². The molecule has 3 N–H and O–H groups in total. The first-order valence-corrected chi connectivity index (χ1v) is 5.27. The number of carboxylic acids is 1. The molecule has 16 heavy (non-hydrogen) atoms. The maximum atomic E-state index is 12.0. The van der Waals surface area contributed by atoms with Crippen LogP contribution in [0, 0.1) is 5.92 Å². The molecule has 0 bridgehead atoms. The molecule has 0 aliphatic heterocycles. The number of nitrogens with one attached hydrogen (secondary N) is 1. The lowest BCUT2D eigenvalue weighted by Gasteiger charge is -2.38. The van der Waals surface area contributed by atoms with E-state index in [2.05, 4.69) is 5.32 Å². The number of aliphatic carboxylic acids is 1. The second-order valence-corrected chi connectivity index (χ2v) is 4.89. The van der Waals surface area contributed by atoms with Gasteiger partial charge in [-0.15, -0.1) is 0 Å². The number of carbonyl (C=O) groups excluding carboxylic acids is 1. The summed E-state index contributed by atoms with van der Waals surface area (Å²) in [6.45, 7) is 6.28. The van der Waals surface area contributed by atoms with Crippen LogP contribution in [0.15, 0.2) is 0 Å². The van der Waals surface area contributed by atoms with Crippen LogP contribution in [0.3, 0.4) is 0 Å². The number of likely N-dealkylation sites (N-methyl/N-ethyl adjacent to an activating group) is 1. The summed E-state index contributed by atoms with van der Waals surface area (Å²) in [5.41, 5.74) is -3.61. The molecular formula is C11H21NO4. The van der Waals surface area contributed by atoms with Crippen LogP contribution in [0.25, 0.3) is 0 Å². The molecule has 0 radical (unpaired) electrons. The average molecular weight is 231 g/mol. The predicted molar refractivity (Wildman–Crippen MR) is 60.2 cm³/mol. The van der Waals surface area contributed by atoms with Crippen LogP contribution >= 0.6 is 0 Å². The fourth-order valence-corrected chi connectivity index (χ4v) is 1.80. The molecule has 0 heterocycles. The number of carbonyl (C=O) groups is 2. The van der Waals surface area contributed by atoms with Gasteiger partial charge in [0.15, 0.2) is 5.78 Å². The minimum Gasteiger partial charge on any atom is -0.479 e. The van der Waals surface area contributed by atoms with Gasteiger partial charge >= 0.3 is 5.97 Å². The van der Waals surface area contributed by atoms with Crippen molar-refractivity contribution in [2.75, 3.05) is 7.05 Å². The molecule has 0 saturated carbocycles. The van der Waals surface area contributed by atoms with Crippen LogP contribution in [0.4, 0.5) is 0 Å². The summed E-state index contributed by atoms with van der Waals surface area (Å²) in [5, 5.41) is 21.6. The summed E-state index contributed by atoms with van der Waals surface area (Å²) in [4.78, 5) is 23.3. The Morgan fingerprint density at radius 3 is 1.94 bits per heavy atom. The third kappa shape index (κ3) is 2.59. The fourth-order valence-electron chi connectivity index (χ4n) is 1.80. The molecule has 0 aromatic heterocycles. The maximum absolute atomic E-state index is 12.0. The summed E-state index contributed by atoms with van der Waals surface area (Å²) in [7, 11) is 1.37. The van der Waals surface area contributed by atoms with E-state index in [1.807, 2.05) is 13.8 Å². The Kier molecular flexibility index (Phi) is 4.64. The minimum absolute atomic E-state index is 0.0434. The Morgan fingerprint density at radius 1 is 1.31 bits per heavy atom. The molecule has 0 aliphatic rings. The third-order valence-electron chi connectivity index (χ3n) is 2.63. The molecule has 0 aliphatic carbocycles. The molecule has 0 amide bonds. The zero-order chi connectivity index (χ0) is 13.1. The van der Waals surface area contributed by atoms with E-state index < -0.39 is 22.9 Å². The number of rotatable bonds is 6. The van der Waals surface area contributed by atoms with Gasteiger partial charge in [-0.2, -0.15) is 0 Å². The molecule has 5 nitrogen and oxygen atoms in total. The van der Waals surface area contributed by atoms with Gasteiger partial charge in [-0.05, 0) is 26.8 Å². The van der Waals surface area contributed by atoms with Crippen molar-refractivity contribution >= 4 is 11.8 Å². The van der Waals surface area contributed by atoms with Gasteiger partial charge in [0.1, 0.15) is 0 Å². The van der Waals surface area contributed by atoms with E-state index in [1.165, 1.54) is 20.9 Å². The Hall–Kier alpha value is -0.940. The lowest BCUT2D eigenvalue weighted by Crippen LogP contribution is -2.69. The van der Waals surface area contributed by atoms with Gasteiger partial charge in [0.2, 0.25) is 5.54 Å². The van der Waals surface area contributed by atoms with Crippen LogP contribution in [-0.2, 0) is 9.59 Å². The summed E-state index contributed by atoms with van der Waals surface area (Å²) < 4.78 is 0. The van der Waals surface area contributed by atoms with Gasteiger partial charge in [-0.25, -0.2) is 4.79 Å². The molecule has 94 valence electrons. The van der Waals surface area contributed by atoms with Crippen LogP contribution in [-0.4, -0.2) is 40.2 Å². The lowest BCUT2D eigenvalue weighted by molar-refractivity contribution is -0.162. The van der Waals surface area contributed by atoms with Crippen molar-refractivity contribution in [2.45, 2.75) is 45.3 Å². The third-order valence-corrected chi connectivity index (χ3v) is 2.63. The maximum Gasteiger partial charge on any atom is 0.334 e. The predicted octanol–water partition coefficient (Wildman–Crippen LogP) is 0.415. The Morgan fingerprint density at radius 2 is 1.75 bits per heavy atom. The molecular weight excluding hydrogens is 210 g/mol. The number of aliphatic hydroxyl groups is 1. The van der Waals surface area contributed by atoms with E-state index in [4.69, 9.17) is 0 Å². The highest BCUT2D eigenvalue weighted by atomic mass is 16.4. The lowest BCUT2D eigenvalue weighted by atomic mass is 9.76. The summed E-state index contributed by atoms with van der Waals surface area (Å²) in [6, 6.07) is 0. The molecule has 0 saturated heterocycles. The first kappa shape index (κ1) is 15.1. The largest absolute Gasteiger partial charge is 0.479 e. The highest BCUT2D eigenvalue weighted by Gasteiger charge is 2.55. The van der Waals surface area contributed by atoms with E-state index >= 15 is 0 Å². The fraction of sp³-hybridized carbons (Fsp3) is 0.818. The Balaban J connectivity index is 5.39. The second-order valence-electron chi connectivity index (χ2n) is 4.89. The van der Waals surface area contributed by atoms with Gasteiger partial charge in [-0.3, -0.25) is 10.1 Å². The van der Waals surface area contributed by atoms with Gasteiger partial charge in [0.05, 0.1) is 5.60 Å². The zero-order valence-corrected chi connectivity index (χ0v) is 10.5. The number of hydrogen-bond acceptors (Lipinski definition) is 4. The monoisotopic (exact) mass is 231 g/mol. The van der Waals surface area contributed by atoms with Gasteiger partial charge in [0.25, 0.3) is 0 Å². The van der Waals surface area contributed by atoms with E-state index in [0.717, 1.165) is 0 Å². The Labute approximate surface area is 95.9 Å². The summed E-state index contributed by atoms with van der Waals surface area (Å²) in [5.74, 6) is -1.82. The van der Waals surface area contributed by atoms with Crippen molar-refractivity contribution in [2.24, 2.45) is 5.92 Å². The van der Waals surface area contributed by atoms with Gasteiger partial charge in [0, 0.05) is 6.42 Å². The first-order chi connectivity index (χ1) is 7.09. The van der Waals surface area contributed by atoms with Gasteiger partial charge < -0.3 is 10.2 Å². The van der Waals surface area contributed by atoms with Crippen LogP contribution in [0.1, 0.15) is 34.1 Å². The number of ketones is 1. The smallest absolute Gasteiger partial charge is 0.334 e. The first-order valence-electron chi connectivity index (χ1n) is 5.27. The summed E-state index contributed by atoms with van der Waals surface area (Å²) in [6.07, 6.45) is 0.108. The van der Waals surface area contributed by atoms with Crippen molar-refractivity contribution in [1.82, 2.24) is 5.32 Å². The number of Topliss-reactive ketones (excluding diaryl/α,β-unsaturated/α-hetero) is 1. The van der Waals surface area contributed by atoms with Crippen molar-refractivity contribution < 1.29 is 19.8 Å². The SMILES string of the molecule is CNC(C(=O)O)(C(=O)CC(C)C)C(C)(C)O. The molecule has 0 rings (SSSR count). The topological polar surface area (TPSA) is 86.6 Å².